The lowest BCUT2D eigenvalue weighted by Gasteiger charge is -2.10. The maximum atomic E-state index is 5.66. The molecular formula is C17H17N3O. The van der Waals surface area contributed by atoms with Gasteiger partial charge >= 0.3 is 0 Å². The first kappa shape index (κ1) is 13.4. The summed E-state index contributed by atoms with van der Waals surface area (Å²) in [5.74, 6) is 1.54. The van der Waals surface area contributed by atoms with Gasteiger partial charge in [0.1, 0.15) is 11.6 Å². The third-order valence-corrected chi connectivity index (χ3v) is 2.93. The molecule has 0 atom stereocenters. The molecule has 0 radical (unpaired) electrons. The predicted octanol–water partition coefficient (Wildman–Crippen LogP) is 4.16. The molecular weight excluding hydrogens is 262 g/mol. The molecule has 106 valence electrons. The molecule has 3 aromatic rings. The molecule has 0 amide bonds. The van der Waals surface area contributed by atoms with Crippen LogP contribution in [0, 0.1) is 0 Å². The van der Waals surface area contributed by atoms with E-state index in [1.807, 2.05) is 62.4 Å². The molecule has 3 rings (SSSR count). The van der Waals surface area contributed by atoms with E-state index in [4.69, 9.17) is 4.74 Å². The van der Waals surface area contributed by atoms with Gasteiger partial charge in [0.15, 0.2) is 0 Å². The maximum absolute atomic E-state index is 5.66. The summed E-state index contributed by atoms with van der Waals surface area (Å²) in [5, 5.41) is 3.24. The van der Waals surface area contributed by atoms with Crippen LogP contribution in [-0.2, 0) is 0 Å². The molecule has 21 heavy (non-hydrogen) atoms. The minimum absolute atomic E-state index is 0.148. The summed E-state index contributed by atoms with van der Waals surface area (Å²) in [4.78, 5) is 9.00. The Morgan fingerprint density at radius 1 is 1.00 bits per heavy atom. The van der Waals surface area contributed by atoms with Gasteiger partial charge in [-0.15, -0.1) is 0 Å². The third-order valence-electron chi connectivity index (χ3n) is 2.93. The second-order valence-corrected chi connectivity index (χ2v) is 5.06. The van der Waals surface area contributed by atoms with Gasteiger partial charge in [-0.25, -0.2) is 4.98 Å². The van der Waals surface area contributed by atoms with Crippen LogP contribution in [0.15, 0.2) is 54.7 Å². The first-order chi connectivity index (χ1) is 10.2. The number of nitrogens with one attached hydrogen (secondary N) is 1. The third kappa shape index (κ3) is 3.28. The van der Waals surface area contributed by atoms with Crippen molar-refractivity contribution < 1.29 is 4.74 Å². The molecule has 1 aromatic heterocycles. The van der Waals surface area contributed by atoms with Crippen molar-refractivity contribution in [2.75, 3.05) is 5.32 Å². The summed E-state index contributed by atoms with van der Waals surface area (Å²) in [7, 11) is 0. The first-order valence-corrected chi connectivity index (χ1v) is 6.96. The quantitative estimate of drug-likeness (QED) is 0.779. The molecule has 0 aliphatic carbocycles. The number of fused-ring (bicyclic) bond motifs is 1. The van der Waals surface area contributed by atoms with Crippen molar-refractivity contribution in [2.24, 2.45) is 0 Å². The van der Waals surface area contributed by atoms with Gasteiger partial charge < -0.3 is 10.1 Å². The highest BCUT2D eigenvalue weighted by Crippen LogP contribution is 2.21. The maximum Gasteiger partial charge on any atom is 0.149 e. The molecule has 0 aliphatic heterocycles. The van der Waals surface area contributed by atoms with E-state index in [9.17, 15) is 0 Å². The molecule has 0 saturated carbocycles. The molecule has 0 aliphatic rings. The van der Waals surface area contributed by atoms with Crippen molar-refractivity contribution in [3.8, 4) is 5.75 Å². The monoisotopic (exact) mass is 279 g/mol. The van der Waals surface area contributed by atoms with Gasteiger partial charge in [-0.05, 0) is 38.1 Å². The van der Waals surface area contributed by atoms with Crippen molar-refractivity contribution in [3.63, 3.8) is 0 Å². The Balaban J connectivity index is 1.87. The minimum atomic E-state index is 0.148. The fraction of sp³-hybridized carbons (Fsp3) is 0.176. The number of benzene rings is 2. The largest absolute Gasteiger partial charge is 0.491 e. The van der Waals surface area contributed by atoms with Crippen LogP contribution in [0.4, 0.5) is 11.5 Å². The summed E-state index contributed by atoms with van der Waals surface area (Å²) in [6.07, 6.45) is 1.88. The zero-order chi connectivity index (χ0) is 14.7. The van der Waals surface area contributed by atoms with E-state index >= 15 is 0 Å². The van der Waals surface area contributed by atoms with Gasteiger partial charge in [-0.2, -0.15) is 0 Å². The molecule has 0 fully saturated rings. The molecule has 0 unspecified atom stereocenters. The molecule has 0 bridgehead atoms. The van der Waals surface area contributed by atoms with Gasteiger partial charge in [-0.3, -0.25) is 4.98 Å². The van der Waals surface area contributed by atoms with E-state index in [0.717, 1.165) is 28.3 Å². The van der Waals surface area contributed by atoms with Crippen molar-refractivity contribution in [1.82, 2.24) is 9.97 Å². The fourth-order valence-electron chi connectivity index (χ4n) is 2.07. The summed E-state index contributed by atoms with van der Waals surface area (Å²) in [5.41, 5.74) is 2.66. The van der Waals surface area contributed by atoms with Crippen molar-refractivity contribution >= 4 is 22.5 Å². The van der Waals surface area contributed by atoms with Gasteiger partial charge in [-0.1, -0.05) is 18.2 Å². The number of rotatable bonds is 4. The Bertz CT molecular complexity index is 741. The molecule has 2 aromatic carbocycles. The van der Waals surface area contributed by atoms with E-state index in [-0.39, 0.29) is 6.10 Å². The highest BCUT2D eigenvalue weighted by Gasteiger charge is 2.03. The molecule has 4 heteroatoms. The molecule has 0 spiro atoms. The Morgan fingerprint density at radius 3 is 2.57 bits per heavy atom. The van der Waals surface area contributed by atoms with Crippen LogP contribution < -0.4 is 10.1 Å². The number of nitrogens with zero attached hydrogens (tertiary/aromatic N) is 2. The van der Waals surface area contributed by atoms with Crippen LogP contribution in [0.5, 0.6) is 5.75 Å². The van der Waals surface area contributed by atoms with Crippen LogP contribution in [0.25, 0.3) is 11.0 Å². The number of anilines is 2. The van der Waals surface area contributed by atoms with Crippen molar-refractivity contribution in [1.29, 1.82) is 0 Å². The highest BCUT2D eigenvalue weighted by atomic mass is 16.5. The van der Waals surface area contributed by atoms with Crippen molar-refractivity contribution in [3.05, 3.63) is 54.7 Å². The zero-order valence-electron chi connectivity index (χ0n) is 12.1. The van der Waals surface area contributed by atoms with Crippen LogP contribution in [0.3, 0.4) is 0 Å². The average molecular weight is 279 g/mol. The van der Waals surface area contributed by atoms with Crippen molar-refractivity contribution in [2.45, 2.75) is 20.0 Å². The minimum Gasteiger partial charge on any atom is -0.491 e. The van der Waals surface area contributed by atoms with Crippen LogP contribution >= 0.6 is 0 Å². The lowest BCUT2D eigenvalue weighted by Crippen LogP contribution is -2.05. The van der Waals surface area contributed by atoms with Crippen LogP contribution in [0.1, 0.15) is 13.8 Å². The summed E-state index contributed by atoms with van der Waals surface area (Å²) >= 11 is 0. The number of aromatic nitrogens is 2. The van der Waals surface area contributed by atoms with Gasteiger partial charge in [0.2, 0.25) is 0 Å². The summed E-state index contributed by atoms with van der Waals surface area (Å²) < 4.78 is 5.66. The Morgan fingerprint density at radius 2 is 1.81 bits per heavy atom. The fourth-order valence-corrected chi connectivity index (χ4v) is 2.07. The number of hydrogen-bond donors (Lipinski definition) is 1. The Hall–Kier alpha value is -2.62. The van der Waals surface area contributed by atoms with E-state index in [0.29, 0.717) is 0 Å². The van der Waals surface area contributed by atoms with Gasteiger partial charge in [0, 0.05) is 11.8 Å². The lowest BCUT2D eigenvalue weighted by atomic mass is 10.2. The van der Waals surface area contributed by atoms with E-state index in [2.05, 4.69) is 15.3 Å². The summed E-state index contributed by atoms with van der Waals surface area (Å²) in [6.45, 7) is 4.01. The summed E-state index contributed by atoms with van der Waals surface area (Å²) in [6, 6.07) is 15.7. The first-order valence-electron chi connectivity index (χ1n) is 6.96. The molecule has 1 heterocycles. The van der Waals surface area contributed by atoms with Gasteiger partial charge in [0.05, 0.1) is 23.3 Å². The normalized spacial score (nSPS) is 10.8. The number of hydrogen-bond acceptors (Lipinski definition) is 4. The van der Waals surface area contributed by atoms with E-state index < -0.39 is 0 Å². The smallest absolute Gasteiger partial charge is 0.149 e. The Labute approximate surface area is 123 Å². The second-order valence-electron chi connectivity index (χ2n) is 5.06. The molecule has 0 saturated heterocycles. The SMILES string of the molecule is CC(C)Oc1ccc2nc(Nc3ccccc3)cnc2c1. The molecule has 4 nitrogen and oxygen atoms in total. The number of ether oxygens (including phenoxy) is 1. The second kappa shape index (κ2) is 5.79. The predicted molar refractivity (Wildman–Crippen MR) is 85.0 cm³/mol. The number of para-hydroxylation sites is 1. The lowest BCUT2D eigenvalue weighted by molar-refractivity contribution is 0.242. The van der Waals surface area contributed by atoms with E-state index in [1.54, 1.807) is 6.20 Å². The van der Waals surface area contributed by atoms with Crippen LogP contribution in [0.2, 0.25) is 0 Å². The standard InChI is InChI=1S/C17H17N3O/c1-12(2)21-14-8-9-15-16(10-14)18-11-17(20-15)19-13-6-4-3-5-7-13/h3-12H,1-2H3,(H,19,20). The van der Waals surface area contributed by atoms with Gasteiger partial charge in [0.25, 0.3) is 0 Å². The zero-order valence-corrected chi connectivity index (χ0v) is 12.1. The van der Waals surface area contributed by atoms with E-state index in [1.165, 1.54) is 0 Å². The molecule has 1 N–H and O–H groups in total. The average Bonchev–Trinajstić information content (AvgIpc) is 2.48. The highest BCUT2D eigenvalue weighted by molar-refractivity contribution is 5.77. The topological polar surface area (TPSA) is 47.0 Å². The van der Waals surface area contributed by atoms with Crippen LogP contribution in [-0.4, -0.2) is 16.1 Å². The Kier molecular flexibility index (Phi) is 3.69.